The van der Waals surface area contributed by atoms with E-state index in [2.05, 4.69) is 27.9 Å². The van der Waals surface area contributed by atoms with Crippen LogP contribution in [0.3, 0.4) is 0 Å². The number of hydrogen-bond acceptors (Lipinski definition) is 4. The maximum Gasteiger partial charge on any atom is 0.270 e. The Morgan fingerprint density at radius 1 is 1.17 bits per heavy atom. The van der Waals surface area contributed by atoms with Crippen molar-refractivity contribution in [2.24, 2.45) is 7.05 Å². The Morgan fingerprint density at radius 2 is 1.93 bits per heavy atom. The van der Waals surface area contributed by atoms with Crippen LogP contribution in [0.15, 0.2) is 36.5 Å². The van der Waals surface area contributed by atoms with Gasteiger partial charge in [0.1, 0.15) is 11.4 Å². The first-order valence-corrected chi connectivity index (χ1v) is 9.73. The van der Waals surface area contributed by atoms with Gasteiger partial charge in [-0.25, -0.2) is 0 Å². The van der Waals surface area contributed by atoms with E-state index in [0.29, 0.717) is 5.69 Å². The number of nitrogens with one attached hydrogen (secondary N) is 1. The number of aryl methyl sites for hydroxylation is 2. The van der Waals surface area contributed by atoms with Crippen LogP contribution in [0, 0.1) is 6.92 Å². The third-order valence-corrected chi connectivity index (χ3v) is 5.49. The summed E-state index contributed by atoms with van der Waals surface area (Å²) in [6.07, 6.45) is 1.70. The minimum atomic E-state index is -0.165. The Labute approximate surface area is 169 Å². The lowest BCUT2D eigenvalue weighted by Gasteiger charge is -2.18. The number of carbonyl (C=O) groups is 1. The minimum absolute atomic E-state index is 0.0138. The fraction of sp³-hybridized carbons (Fsp3) is 0.304. The first kappa shape index (κ1) is 19.2. The molecule has 0 aliphatic heterocycles. The average molecular weight is 390 g/mol. The van der Waals surface area contributed by atoms with Crippen molar-refractivity contribution in [2.45, 2.75) is 19.9 Å². The summed E-state index contributed by atoms with van der Waals surface area (Å²) >= 11 is 0. The van der Waals surface area contributed by atoms with E-state index in [1.165, 1.54) is 0 Å². The van der Waals surface area contributed by atoms with Gasteiger partial charge in [0.15, 0.2) is 0 Å². The lowest BCUT2D eigenvalue weighted by Crippen LogP contribution is -2.39. The van der Waals surface area contributed by atoms with Crippen molar-refractivity contribution >= 4 is 38.5 Å². The van der Waals surface area contributed by atoms with Gasteiger partial charge in [0.05, 0.1) is 11.0 Å². The van der Waals surface area contributed by atoms with Crippen LogP contribution in [0.2, 0.25) is 0 Å². The third-order valence-electron chi connectivity index (χ3n) is 5.49. The van der Waals surface area contributed by atoms with Gasteiger partial charge in [0, 0.05) is 48.1 Å². The molecule has 2 aromatic carbocycles. The number of aromatic nitrogens is 2. The van der Waals surface area contributed by atoms with E-state index in [0.717, 1.165) is 44.7 Å². The quantitative estimate of drug-likeness (QED) is 0.559. The van der Waals surface area contributed by atoms with E-state index in [1.54, 1.807) is 18.3 Å². The van der Waals surface area contributed by atoms with Gasteiger partial charge in [-0.2, -0.15) is 0 Å². The van der Waals surface area contributed by atoms with Crippen LogP contribution in [-0.4, -0.2) is 52.1 Å². The zero-order valence-electron chi connectivity index (χ0n) is 17.4. The van der Waals surface area contributed by atoms with Crippen LogP contribution < -0.4 is 5.32 Å². The summed E-state index contributed by atoms with van der Waals surface area (Å²) in [5.74, 6) is 0.0730. The predicted molar refractivity (Wildman–Crippen MR) is 118 cm³/mol. The fourth-order valence-corrected chi connectivity index (χ4v) is 4.34. The summed E-state index contributed by atoms with van der Waals surface area (Å²) in [6.45, 7) is 4.82. The summed E-state index contributed by atoms with van der Waals surface area (Å²) in [5, 5.41) is 16.9. The van der Waals surface area contributed by atoms with Gasteiger partial charge in [-0.15, -0.1) is 0 Å². The molecular formula is C23H26N4O2. The average Bonchev–Trinajstić information content (AvgIpc) is 2.92. The molecule has 0 radical (unpaired) electrons. The van der Waals surface area contributed by atoms with Gasteiger partial charge in [-0.05, 0) is 63.2 Å². The molecule has 0 aliphatic carbocycles. The van der Waals surface area contributed by atoms with Crippen molar-refractivity contribution in [1.29, 1.82) is 0 Å². The molecule has 0 aliphatic rings. The monoisotopic (exact) mass is 390 g/mol. The molecule has 1 amide bonds. The summed E-state index contributed by atoms with van der Waals surface area (Å²) in [6, 6.07) is 9.41. The van der Waals surface area contributed by atoms with E-state index < -0.39 is 0 Å². The molecule has 29 heavy (non-hydrogen) atoms. The number of carbonyl (C=O) groups excluding carboxylic acids is 1. The first-order valence-electron chi connectivity index (χ1n) is 9.73. The normalized spacial score (nSPS) is 12.9. The molecule has 2 heterocycles. The van der Waals surface area contributed by atoms with E-state index in [1.807, 2.05) is 45.1 Å². The van der Waals surface area contributed by atoms with E-state index in [4.69, 9.17) is 0 Å². The molecule has 0 spiro atoms. The van der Waals surface area contributed by atoms with Crippen LogP contribution in [-0.2, 0) is 7.05 Å². The molecule has 0 saturated carbocycles. The molecule has 6 nitrogen and oxygen atoms in total. The molecular weight excluding hydrogens is 364 g/mol. The van der Waals surface area contributed by atoms with Crippen LogP contribution in [0.4, 0.5) is 0 Å². The Morgan fingerprint density at radius 3 is 2.66 bits per heavy atom. The number of hydrogen-bond donors (Lipinski definition) is 2. The highest BCUT2D eigenvalue weighted by Gasteiger charge is 2.19. The molecule has 4 aromatic rings. The molecule has 1 unspecified atom stereocenters. The molecule has 2 aromatic heterocycles. The fourth-order valence-electron chi connectivity index (χ4n) is 4.34. The molecule has 6 heteroatoms. The number of nitrogens with zero attached hydrogens (tertiary/aromatic N) is 3. The molecule has 4 rings (SSSR count). The Kier molecular flexibility index (Phi) is 4.67. The van der Waals surface area contributed by atoms with E-state index in [-0.39, 0.29) is 17.7 Å². The summed E-state index contributed by atoms with van der Waals surface area (Å²) < 4.78 is 2.10. The van der Waals surface area contributed by atoms with Gasteiger partial charge in [-0.3, -0.25) is 9.78 Å². The maximum absolute atomic E-state index is 13.0. The number of amides is 1. The molecule has 0 bridgehead atoms. The van der Waals surface area contributed by atoms with Gasteiger partial charge in [0.25, 0.3) is 5.91 Å². The highest BCUT2D eigenvalue weighted by atomic mass is 16.3. The second-order valence-electron chi connectivity index (χ2n) is 8.05. The van der Waals surface area contributed by atoms with E-state index in [9.17, 15) is 9.90 Å². The predicted octanol–water partition coefficient (Wildman–Crippen LogP) is 3.57. The third kappa shape index (κ3) is 3.19. The maximum atomic E-state index is 13.0. The molecule has 0 fully saturated rings. The Balaban J connectivity index is 1.93. The number of benzene rings is 2. The smallest absolute Gasteiger partial charge is 0.270 e. The highest BCUT2D eigenvalue weighted by Crippen LogP contribution is 2.36. The van der Waals surface area contributed by atoms with Crippen LogP contribution in [0.5, 0.6) is 5.75 Å². The highest BCUT2D eigenvalue weighted by molar-refractivity contribution is 6.17. The zero-order chi connectivity index (χ0) is 20.9. The lowest BCUT2D eigenvalue weighted by atomic mass is 10.00. The molecule has 1 atom stereocenters. The number of phenolic OH excluding ortho intramolecular Hbond substituents is 1. The summed E-state index contributed by atoms with van der Waals surface area (Å²) in [4.78, 5) is 19.4. The van der Waals surface area contributed by atoms with E-state index >= 15 is 0 Å². The van der Waals surface area contributed by atoms with Crippen LogP contribution >= 0.6 is 0 Å². The molecule has 150 valence electrons. The molecule has 2 N–H and O–H groups in total. The van der Waals surface area contributed by atoms with Gasteiger partial charge in [-0.1, -0.05) is 0 Å². The number of likely N-dealkylation sites (N-methyl/N-ethyl adjacent to an activating group) is 1. The van der Waals surface area contributed by atoms with Crippen molar-refractivity contribution in [3.8, 4) is 5.75 Å². The molecule has 0 saturated heterocycles. The number of rotatable bonds is 4. The van der Waals surface area contributed by atoms with Crippen molar-refractivity contribution < 1.29 is 9.90 Å². The summed E-state index contributed by atoms with van der Waals surface area (Å²) in [5.41, 5.74) is 3.58. The number of phenols is 1. The zero-order valence-corrected chi connectivity index (χ0v) is 17.4. The van der Waals surface area contributed by atoms with Crippen molar-refractivity contribution in [3.63, 3.8) is 0 Å². The van der Waals surface area contributed by atoms with Crippen molar-refractivity contribution in [2.75, 3.05) is 20.6 Å². The van der Waals surface area contributed by atoms with Crippen LogP contribution in [0.25, 0.3) is 32.6 Å². The summed E-state index contributed by atoms with van der Waals surface area (Å²) in [7, 11) is 5.97. The minimum Gasteiger partial charge on any atom is -0.508 e. The van der Waals surface area contributed by atoms with Crippen molar-refractivity contribution in [1.82, 2.24) is 19.8 Å². The second-order valence-corrected chi connectivity index (χ2v) is 8.05. The lowest BCUT2D eigenvalue weighted by molar-refractivity contribution is 0.0931. The SMILES string of the molecule is Cc1c2ccnc(C(=O)NC(C)CN(C)C)c2cc2c3ccc(O)cc3n(C)c12. The topological polar surface area (TPSA) is 70.4 Å². The Hall–Kier alpha value is -3.12. The second kappa shape index (κ2) is 7.04. The van der Waals surface area contributed by atoms with Gasteiger partial charge >= 0.3 is 0 Å². The van der Waals surface area contributed by atoms with Crippen LogP contribution in [0.1, 0.15) is 23.0 Å². The van der Waals surface area contributed by atoms with Gasteiger partial charge in [0.2, 0.25) is 0 Å². The number of fused-ring (bicyclic) bond motifs is 4. The van der Waals surface area contributed by atoms with Crippen molar-refractivity contribution in [3.05, 3.63) is 47.8 Å². The standard InChI is InChI=1S/C23H26N4O2/c1-13(12-26(3)4)25-23(29)21-18-11-19-17-7-6-15(28)10-20(17)27(5)22(19)14(2)16(18)8-9-24-21/h6-11,13,28H,12H2,1-5H3,(H,25,29). The Bertz CT molecular complexity index is 1260. The largest absolute Gasteiger partial charge is 0.508 e. The number of aromatic hydroxyl groups is 1. The number of pyridine rings is 1. The first-order chi connectivity index (χ1) is 13.8. The van der Waals surface area contributed by atoms with Gasteiger partial charge < -0.3 is 19.9 Å².